The van der Waals surface area contributed by atoms with Crippen LogP contribution in [0.3, 0.4) is 0 Å². The molecule has 4 atom stereocenters. The third-order valence-corrected chi connectivity index (χ3v) is 6.22. The van der Waals surface area contributed by atoms with E-state index in [1.165, 1.54) is 25.6 Å². The zero-order chi connectivity index (χ0) is 22.4. The lowest BCUT2D eigenvalue weighted by atomic mass is 10.1. The Balaban J connectivity index is 1.47. The Morgan fingerprint density at radius 2 is 1.91 bits per heavy atom. The molecule has 32 heavy (non-hydrogen) atoms. The maximum atomic E-state index is 14.5. The molecule has 11 heteroatoms. The standard InChI is InChI=1S/C21H17Cl2F2N3O4/c1-29-14-4-9-13(5-15(14)32-16-7-31-19-11(24)6-30-20(16)19)26-8-27-21(9)28-12-3-2-10(22)17(23)18(12)25/h2-5,8,11,16,19-20H,6-7H2,1H3,(H,26,27,28)/t11-,16-,19+,20?/m1/s1. The van der Waals surface area contributed by atoms with E-state index in [2.05, 4.69) is 15.3 Å². The summed E-state index contributed by atoms with van der Waals surface area (Å²) in [6, 6.07) is 6.28. The van der Waals surface area contributed by atoms with E-state index in [1.807, 2.05) is 0 Å². The molecule has 2 aliphatic rings. The molecule has 0 saturated carbocycles. The monoisotopic (exact) mass is 483 g/mol. The minimum Gasteiger partial charge on any atom is -0.493 e. The minimum absolute atomic E-state index is 0.0163. The summed E-state index contributed by atoms with van der Waals surface area (Å²) in [7, 11) is 1.49. The quantitative estimate of drug-likeness (QED) is 0.526. The Bertz CT molecular complexity index is 1190. The number of methoxy groups -OCH3 is 1. The Kier molecular flexibility index (Phi) is 5.66. The van der Waals surface area contributed by atoms with Gasteiger partial charge in [-0.3, -0.25) is 0 Å². The zero-order valence-electron chi connectivity index (χ0n) is 16.6. The topological polar surface area (TPSA) is 74.7 Å². The van der Waals surface area contributed by atoms with E-state index in [4.69, 9.17) is 42.1 Å². The van der Waals surface area contributed by atoms with Crippen molar-refractivity contribution in [3.63, 3.8) is 0 Å². The smallest absolute Gasteiger partial charge is 0.166 e. The second-order valence-electron chi connectivity index (χ2n) is 7.36. The average Bonchev–Trinajstić information content (AvgIpc) is 3.37. The molecule has 0 aliphatic carbocycles. The van der Waals surface area contributed by atoms with Crippen LogP contribution < -0.4 is 14.8 Å². The van der Waals surface area contributed by atoms with Crippen molar-refractivity contribution in [2.24, 2.45) is 0 Å². The lowest BCUT2D eigenvalue weighted by molar-refractivity contribution is 0.0271. The normalized spacial score (nSPS) is 24.5. The third-order valence-electron chi connectivity index (χ3n) is 5.43. The molecule has 2 aromatic carbocycles. The first-order valence-electron chi connectivity index (χ1n) is 9.73. The van der Waals surface area contributed by atoms with Crippen molar-refractivity contribution < 1.29 is 27.7 Å². The Morgan fingerprint density at radius 1 is 1.09 bits per heavy atom. The number of aromatic nitrogens is 2. The maximum Gasteiger partial charge on any atom is 0.166 e. The van der Waals surface area contributed by atoms with Crippen LogP contribution in [0, 0.1) is 5.82 Å². The highest BCUT2D eigenvalue weighted by molar-refractivity contribution is 6.42. The molecule has 2 saturated heterocycles. The number of alkyl halides is 1. The van der Waals surface area contributed by atoms with Crippen molar-refractivity contribution in [1.29, 1.82) is 0 Å². The molecular weight excluding hydrogens is 467 g/mol. The van der Waals surface area contributed by atoms with Gasteiger partial charge in [-0.1, -0.05) is 23.2 Å². The first kappa shape index (κ1) is 21.4. The van der Waals surface area contributed by atoms with Crippen LogP contribution in [0.1, 0.15) is 0 Å². The number of halogens is 4. The van der Waals surface area contributed by atoms with Crippen molar-refractivity contribution in [3.05, 3.63) is 46.5 Å². The van der Waals surface area contributed by atoms with Gasteiger partial charge in [0.2, 0.25) is 0 Å². The third kappa shape index (κ3) is 3.69. The van der Waals surface area contributed by atoms with Crippen LogP contribution in [0.4, 0.5) is 20.3 Å². The summed E-state index contributed by atoms with van der Waals surface area (Å²) >= 11 is 11.8. The molecule has 2 fully saturated rings. The molecule has 0 spiro atoms. The van der Waals surface area contributed by atoms with E-state index >= 15 is 0 Å². The first-order chi connectivity index (χ1) is 15.5. The number of hydrogen-bond donors (Lipinski definition) is 1. The molecule has 0 amide bonds. The number of benzene rings is 2. The van der Waals surface area contributed by atoms with Crippen LogP contribution in [-0.2, 0) is 9.47 Å². The highest BCUT2D eigenvalue weighted by Crippen LogP contribution is 2.39. The fourth-order valence-electron chi connectivity index (χ4n) is 3.85. The summed E-state index contributed by atoms with van der Waals surface area (Å²) in [5, 5.41) is 3.39. The maximum absolute atomic E-state index is 14.5. The van der Waals surface area contributed by atoms with Crippen molar-refractivity contribution >= 4 is 45.6 Å². The fraction of sp³-hybridized carbons (Fsp3) is 0.333. The van der Waals surface area contributed by atoms with E-state index in [0.29, 0.717) is 28.2 Å². The average molecular weight is 484 g/mol. The van der Waals surface area contributed by atoms with Crippen LogP contribution in [0.15, 0.2) is 30.6 Å². The van der Waals surface area contributed by atoms with Gasteiger partial charge in [-0.2, -0.15) is 0 Å². The van der Waals surface area contributed by atoms with E-state index in [9.17, 15) is 8.78 Å². The number of ether oxygens (including phenoxy) is 4. The first-order valence-corrected chi connectivity index (χ1v) is 10.5. The molecule has 1 N–H and O–H groups in total. The van der Waals surface area contributed by atoms with Crippen molar-refractivity contribution in [1.82, 2.24) is 9.97 Å². The van der Waals surface area contributed by atoms with E-state index in [-0.39, 0.29) is 28.9 Å². The molecule has 3 aromatic rings. The fourth-order valence-corrected chi connectivity index (χ4v) is 4.16. The lowest BCUT2D eigenvalue weighted by Gasteiger charge is -2.20. The number of fused-ring (bicyclic) bond motifs is 2. The Hall–Kier alpha value is -2.46. The summed E-state index contributed by atoms with van der Waals surface area (Å²) in [6.45, 7) is 0.182. The predicted molar refractivity (Wildman–Crippen MR) is 115 cm³/mol. The van der Waals surface area contributed by atoms with E-state index in [0.717, 1.165) is 0 Å². The minimum atomic E-state index is -1.17. The number of nitrogens with one attached hydrogen (secondary N) is 1. The van der Waals surface area contributed by atoms with Gasteiger partial charge in [-0.05, 0) is 18.2 Å². The van der Waals surface area contributed by atoms with Crippen LogP contribution in [0.5, 0.6) is 11.5 Å². The SMILES string of the molecule is COc1cc2c(Nc3ccc(Cl)c(Cl)c3F)ncnc2cc1O[C@@H]1CO[C@@H]2C1OC[C@H]2F. The van der Waals surface area contributed by atoms with Crippen LogP contribution >= 0.6 is 23.2 Å². The van der Waals surface area contributed by atoms with Crippen LogP contribution in [0.2, 0.25) is 10.0 Å². The summed E-state index contributed by atoms with van der Waals surface area (Å²) < 4.78 is 50.9. The summed E-state index contributed by atoms with van der Waals surface area (Å²) in [4.78, 5) is 8.49. The van der Waals surface area contributed by atoms with E-state index in [1.54, 1.807) is 12.1 Å². The molecule has 0 radical (unpaired) electrons. The second-order valence-corrected chi connectivity index (χ2v) is 8.14. The zero-order valence-corrected chi connectivity index (χ0v) is 18.2. The van der Waals surface area contributed by atoms with Gasteiger partial charge in [0.1, 0.15) is 24.4 Å². The van der Waals surface area contributed by atoms with Gasteiger partial charge in [0.05, 0.1) is 41.6 Å². The number of anilines is 2. The van der Waals surface area contributed by atoms with Gasteiger partial charge in [-0.25, -0.2) is 18.7 Å². The van der Waals surface area contributed by atoms with Crippen molar-refractivity contribution in [3.8, 4) is 11.5 Å². The number of rotatable bonds is 5. The van der Waals surface area contributed by atoms with Crippen molar-refractivity contribution in [2.75, 3.05) is 25.6 Å². The highest BCUT2D eigenvalue weighted by Gasteiger charge is 2.49. The lowest BCUT2D eigenvalue weighted by Crippen LogP contribution is -2.33. The molecular formula is C21H17Cl2F2N3O4. The highest BCUT2D eigenvalue weighted by atomic mass is 35.5. The molecule has 5 rings (SSSR count). The predicted octanol–water partition coefficient (Wildman–Crippen LogP) is 4.71. The van der Waals surface area contributed by atoms with Gasteiger partial charge >= 0.3 is 0 Å². The largest absolute Gasteiger partial charge is 0.493 e. The Labute approximate surface area is 191 Å². The molecule has 7 nitrogen and oxygen atoms in total. The number of hydrogen-bond acceptors (Lipinski definition) is 7. The summed E-state index contributed by atoms with van der Waals surface area (Å²) in [5.41, 5.74) is 0.622. The van der Waals surface area contributed by atoms with Gasteiger partial charge in [0, 0.05) is 11.5 Å². The van der Waals surface area contributed by atoms with E-state index < -0.39 is 30.3 Å². The van der Waals surface area contributed by atoms with Crippen LogP contribution in [0.25, 0.3) is 10.9 Å². The second kappa shape index (κ2) is 8.47. The molecule has 1 aromatic heterocycles. The van der Waals surface area contributed by atoms with Crippen LogP contribution in [-0.4, -0.2) is 54.8 Å². The van der Waals surface area contributed by atoms with Gasteiger partial charge < -0.3 is 24.3 Å². The number of nitrogens with zero attached hydrogens (tertiary/aromatic N) is 2. The molecule has 168 valence electrons. The van der Waals surface area contributed by atoms with Gasteiger partial charge in [0.25, 0.3) is 0 Å². The molecule has 1 unspecified atom stereocenters. The molecule has 2 aliphatic heterocycles. The molecule has 3 heterocycles. The Morgan fingerprint density at radius 3 is 2.72 bits per heavy atom. The van der Waals surface area contributed by atoms with Gasteiger partial charge in [0.15, 0.2) is 29.6 Å². The summed E-state index contributed by atoms with van der Waals surface area (Å²) in [6.07, 6.45) is -1.46. The van der Waals surface area contributed by atoms with Gasteiger partial charge in [-0.15, -0.1) is 0 Å². The van der Waals surface area contributed by atoms with Crippen molar-refractivity contribution in [2.45, 2.75) is 24.5 Å². The summed E-state index contributed by atoms with van der Waals surface area (Å²) in [5.74, 6) is 0.422. The molecule has 0 bridgehead atoms.